The molecule has 0 aromatic heterocycles. The molecule has 5 N–H and O–H groups in total. The number of carbonyl (C=O) groups excluding carboxylic acids is 5. The van der Waals surface area contributed by atoms with Gasteiger partial charge in [0.15, 0.2) is 0 Å². The summed E-state index contributed by atoms with van der Waals surface area (Å²) in [6.45, 7) is 2.36. The first kappa shape index (κ1) is 40.0. The second kappa shape index (κ2) is 19.7. The van der Waals surface area contributed by atoms with E-state index in [2.05, 4.69) is 35.5 Å². The second-order valence-corrected chi connectivity index (χ2v) is 15.9. The first-order chi connectivity index (χ1) is 24.0. The van der Waals surface area contributed by atoms with E-state index in [1.54, 1.807) is 0 Å². The molecule has 10 nitrogen and oxygen atoms in total. The summed E-state index contributed by atoms with van der Waals surface area (Å²) in [5, 5.41) is 9.10. The van der Waals surface area contributed by atoms with E-state index in [9.17, 15) is 24.0 Å². The highest BCUT2D eigenvalue weighted by molar-refractivity contribution is 7.81. The second-order valence-electron chi connectivity index (χ2n) is 15.1. The van der Waals surface area contributed by atoms with Gasteiger partial charge >= 0.3 is 6.09 Å². The number of Topliss-reactive ketones (excluding diaryl/α,β-unsaturated/α-hetero) is 1. The average Bonchev–Trinajstić information content (AvgIpc) is 3.73. The zero-order valence-corrected chi connectivity index (χ0v) is 31.2. The number of ketones is 1. The van der Waals surface area contributed by atoms with Crippen LogP contribution in [0.3, 0.4) is 0 Å². The van der Waals surface area contributed by atoms with E-state index >= 15 is 0 Å². The highest BCUT2D eigenvalue weighted by Crippen LogP contribution is 2.39. The van der Waals surface area contributed by atoms with Crippen molar-refractivity contribution < 1.29 is 28.7 Å². The van der Waals surface area contributed by atoms with Crippen LogP contribution in [-0.4, -0.2) is 59.1 Å². The fraction of sp³-hybridized carbons (Fsp3) is 0.711. The number of benzene rings is 1. The molecule has 1 aromatic carbocycles. The van der Waals surface area contributed by atoms with E-state index in [1.807, 2.05) is 24.3 Å². The van der Waals surface area contributed by atoms with Crippen LogP contribution in [0.15, 0.2) is 24.3 Å². The smallest absolute Gasteiger partial charge is 0.404 e. The van der Waals surface area contributed by atoms with Gasteiger partial charge in [0.1, 0.15) is 6.10 Å². The topological polar surface area (TPSA) is 157 Å². The zero-order chi connectivity index (χ0) is 36.1. The van der Waals surface area contributed by atoms with Crippen LogP contribution in [0.1, 0.15) is 122 Å². The molecule has 4 aliphatic carbocycles. The summed E-state index contributed by atoms with van der Waals surface area (Å²) in [5.74, 6) is -0.892. The highest BCUT2D eigenvalue weighted by Gasteiger charge is 2.46. The van der Waals surface area contributed by atoms with E-state index in [0.717, 1.165) is 75.1 Å². The lowest BCUT2D eigenvalue weighted by Gasteiger charge is -2.33. The fourth-order valence-electron chi connectivity index (χ4n) is 7.94. The Kier molecular flexibility index (Phi) is 15.8. The molecule has 12 heteroatoms. The number of thiol groups is 1. The molecular formula is C38H57ClN4O6S. The number of amides is 4. The fourth-order valence-corrected chi connectivity index (χ4v) is 8.24. The minimum atomic E-state index is -0.983. The Labute approximate surface area is 307 Å². The molecule has 6 rings (SSSR count). The van der Waals surface area contributed by atoms with Crippen LogP contribution in [0.4, 0.5) is 4.79 Å². The molecule has 4 atom stereocenters. The van der Waals surface area contributed by atoms with Gasteiger partial charge in [-0.3, -0.25) is 19.2 Å². The molecule has 1 saturated heterocycles. The van der Waals surface area contributed by atoms with Gasteiger partial charge in [0.05, 0.1) is 11.8 Å². The Morgan fingerprint density at radius 1 is 1.00 bits per heavy atom. The number of nitrogens with two attached hydrogens (primary N) is 1. The molecule has 1 spiro atoms. The predicted molar refractivity (Wildman–Crippen MR) is 198 cm³/mol. The van der Waals surface area contributed by atoms with Crippen molar-refractivity contribution in [2.24, 2.45) is 23.5 Å². The summed E-state index contributed by atoms with van der Waals surface area (Å²) in [7, 11) is 0. The molecule has 50 heavy (non-hydrogen) atoms. The van der Waals surface area contributed by atoms with Crippen molar-refractivity contribution in [1.82, 2.24) is 16.0 Å². The molecule has 0 bridgehead atoms. The van der Waals surface area contributed by atoms with Crippen LogP contribution in [0.5, 0.6) is 0 Å². The standard InChI is InChI=1S/C18H27N3O4S.C13H16ClNO2.C7H14/c22-14(10-26)20-13(15(23)17(25)19-12-4-5-12)8-11-9-18(21-16(11)24)6-2-1-3-7-18;14-11-5-1-3-9(8-11)7-10-4-2-6-12(10)17-13(15)16;1-7-5-3-2-4-6-7/h11-13,26H,1-10H2,(H,19,25)(H,20,22)(H,21,24);1,3,5,8,10,12H,2,4,6-7H2,(H2,15,16);7H,2-6H2,1H3. The summed E-state index contributed by atoms with van der Waals surface area (Å²) in [6, 6.07) is 6.89. The van der Waals surface area contributed by atoms with Crippen molar-refractivity contribution in [3.8, 4) is 0 Å². The van der Waals surface area contributed by atoms with Crippen LogP contribution in [-0.2, 0) is 30.3 Å². The Bertz CT molecular complexity index is 1310. The predicted octanol–water partition coefficient (Wildman–Crippen LogP) is 6.21. The van der Waals surface area contributed by atoms with Gasteiger partial charge in [0, 0.05) is 28.4 Å². The molecule has 4 unspecified atom stereocenters. The molecule has 1 aliphatic heterocycles. The molecule has 5 aliphatic rings. The van der Waals surface area contributed by atoms with Gasteiger partial charge in [-0.2, -0.15) is 12.6 Å². The van der Waals surface area contributed by atoms with Crippen LogP contribution in [0.25, 0.3) is 0 Å². The third-order valence-electron chi connectivity index (χ3n) is 10.8. The third kappa shape index (κ3) is 13.1. The van der Waals surface area contributed by atoms with Crippen LogP contribution in [0, 0.1) is 17.8 Å². The van der Waals surface area contributed by atoms with Gasteiger partial charge in [-0.05, 0) is 87.8 Å². The molecule has 4 amide bonds. The van der Waals surface area contributed by atoms with Crippen LogP contribution < -0.4 is 21.7 Å². The van der Waals surface area contributed by atoms with E-state index in [4.69, 9.17) is 22.1 Å². The number of halogens is 1. The van der Waals surface area contributed by atoms with Gasteiger partial charge in [-0.15, -0.1) is 0 Å². The summed E-state index contributed by atoms with van der Waals surface area (Å²) in [4.78, 5) is 59.7. The molecular weight excluding hydrogens is 676 g/mol. The van der Waals surface area contributed by atoms with Crippen molar-refractivity contribution in [3.63, 3.8) is 0 Å². The Morgan fingerprint density at radius 3 is 2.30 bits per heavy atom. The van der Waals surface area contributed by atoms with Crippen LogP contribution >= 0.6 is 24.2 Å². The number of hydrogen-bond acceptors (Lipinski definition) is 7. The quantitative estimate of drug-likeness (QED) is 0.142. The van der Waals surface area contributed by atoms with Crippen molar-refractivity contribution >= 4 is 53.8 Å². The molecule has 5 fully saturated rings. The maximum atomic E-state index is 12.5. The minimum Gasteiger partial charge on any atom is -0.446 e. The number of primary amides is 1. The maximum Gasteiger partial charge on any atom is 0.404 e. The van der Waals surface area contributed by atoms with Crippen LogP contribution in [0.2, 0.25) is 5.02 Å². The lowest BCUT2D eigenvalue weighted by atomic mass is 9.78. The third-order valence-corrected chi connectivity index (χ3v) is 11.3. The Morgan fingerprint density at radius 2 is 1.70 bits per heavy atom. The number of nitrogens with one attached hydrogen (secondary N) is 3. The molecule has 278 valence electrons. The molecule has 0 radical (unpaired) electrons. The van der Waals surface area contributed by atoms with Crippen molar-refractivity contribution in [1.29, 1.82) is 0 Å². The minimum absolute atomic E-state index is 0.0357. The monoisotopic (exact) mass is 732 g/mol. The van der Waals surface area contributed by atoms with E-state index < -0.39 is 29.7 Å². The van der Waals surface area contributed by atoms with Gasteiger partial charge in [0.25, 0.3) is 5.91 Å². The lowest BCUT2D eigenvalue weighted by Crippen LogP contribution is -2.49. The maximum absolute atomic E-state index is 12.5. The Hall–Kier alpha value is -2.79. The van der Waals surface area contributed by atoms with Crippen molar-refractivity contribution in [2.45, 2.75) is 146 Å². The van der Waals surface area contributed by atoms with E-state index in [-0.39, 0.29) is 41.7 Å². The normalized spacial score (nSPS) is 24.8. The van der Waals surface area contributed by atoms with Gasteiger partial charge in [-0.25, -0.2) is 4.79 Å². The molecule has 1 heterocycles. The first-order valence-electron chi connectivity index (χ1n) is 18.7. The Balaban J connectivity index is 0.000000199. The summed E-state index contributed by atoms with van der Waals surface area (Å²) in [6.07, 6.45) is 18.5. The van der Waals surface area contributed by atoms with Crippen molar-refractivity contribution in [2.75, 3.05) is 5.75 Å². The molecule has 4 saturated carbocycles. The number of ether oxygens (including phenoxy) is 1. The summed E-state index contributed by atoms with van der Waals surface area (Å²) >= 11 is 9.86. The first-order valence-corrected chi connectivity index (χ1v) is 19.8. The summed E-state index contributed by atoms with van der Waals surface area (Å²) < 4.78 is 5.13. The SMILES string of the molecule is CC1CCCCC1.NC(=O)OC1CCCC1Cc1cccc(Cl)c1.O=C(CS)NC(CC1CC2(CCCCC2)NC1=O)C(=O)C(=O)NC1CC1. The number of rotatable bonds is 10. The van der Waals surface area contributed by atoms with Gasteiger partial charge in [-0.1, -0.05) is 82.0 Å². The molecule has 1 aromatic rings. The number of carbonyl (C=O) groups is 5. The average molecular weight is 733 g/mol. The van der Waals surface area contributed by atoms with Crippen molar-refractivity contribution in [3.05, 3.63) is 34.9 Å². The van der Waals surface area contributed by atoms with Gasteiger partial charge in [0.2, 0.25) is 17.6 Å². The van der Waals surface area contributed by atoms with E-state index in [1.165, 1.54) is 44.1 Å². The van der Waals surface area contributed by atoms with E-state index in [0.29, 0.717) is 12.3 Å². The number of hydrogen-bond donors (Lipinski definition) is 5. The lowest BCUT2D eigenvalue weighted by molar-refractivity contribution is -0.140. The summed E-state index contributed by atoms with van der Waals surface area (Å²) in [5.41, 5.74) is 6.08. The largest absolute Gasteiger partial charge is 0.446 e. The zero-order valence-electron chi connectivity index (χ0n) is 29.6. The van der Waals surface area contributed by atoms with Gasteiger partial charge < -0.3 is 26.4 Å². The highest BCUT2D eigenvalue weighted by atomic mass is 35.5.